The Kier molecular flexibility index (Phi) is 4.83. The number of sulfonamides is 1. The highest BCUT2D eigenvalue weighted by molar-refractivity contribution is 7.89. The third kappa shape index (κ3) is 3.40. The van der Waals surface area contributed by atoms with Gasteiger partial charge in [0, 0.05) is 12.6 Å². The SMILES string of the molecule is Cc1ccc(S(=O)(=O)NC2CCCCC2CO)c(C)c1. The minimum Gasteiger partial charge on any atom is -0.396 e. The van der Waals surface area contributed by atoms with Crippen LogP contribution in [-0.2, 0) is 10.0 Å². The summed E-state index contributed by atoms with van der Waals surface area (Å²) in [5.41, 5.74) is 1.81. The van der Waals surface area contributed by atoms with E-state index < -0.39 is 10.0 Å². The van der Waals surface area contributed by atoms with Crippen LogP contribution >= 0.6 is 0 Å². The third-order valence-electron chi connectivity index (χ3n) is 4.07. The molecule has 0 bridgehead atoms. The fraction of sp³-hybridized carbons (Fsp3) is 0.600. The Morgan fingerprint density at radius 1 is 1.25 bits per heavy atom. The van der Waals surface area contributed by atoms with E-state index in [0.29, 0.717) is 4.90 Å². The molecule has 5 heteroatoms. The average molecular weight is 297 g/mol. The molecule has 1 aliphatic carbocycles. The molecule has 1 saturated carbocycles. The summed E-state index contributed by atoms with van der Waals surface area (Å²) in [6.45, 7) is 3.80. The maximum atomic E-state index is 12.5. The van der Waals surface area contributed by atoms with Crippen LogP contribution in [0.5, 0.6) is 0 Å². The lowest BCUT2D eigenvalue weighted by atomic mass is 9.86. The number of aliphatic hydroxyl groups excluding tert-OH is 1. The highest BCUT2D eigenvalue weighted by Crippen LogP contribution is 2.26. The molecule has 0 saturated heterocycles. The predicted molar refractivity (Wildman–Crippen MR) is 79.1 cm³/mol. The van der Waals surface area contributed by atoms with Crippen LogP contribution in [-0.4, -0.2) is 26.2 Å². The van der Waals surface area contributed by atoms with Crippen molar-refractivity contribution in [3.8, 4) is 0 Å². The van der Waals surface area contributed by atoms with E-state index in [1.165, 1.54) is 0 Å². The quantitative estimate of drug-likeness (QED) is 0.894. The van der Waals surface area contributed by atoms with Gasteiger partial charge < -0.3 is 5.11 Å². The Bertz CT molecular complexity index is 568. The predicted octanol–water partition coefficient (Wildman–Crippen LogP) is 2.13. The second-order valence-corrected chi connectivity index (χ2v) is 7.41. The fourth-order valence-electron chi connectivity index (χ4n) is 2.94. The molecule has 0 aliphatic heterocycles. The Morgan fingerprint density at radius 3 is 2.60 bits per heavy atom. The Morgan fingerprint density at radius 2 is 1.95 bits per heavy atom. The fourth-order valence-corrected chi connectivity index (χ4v) is 4.51. The molecular weight excluding hydrogens is 274 g/mol. The van der Waals surface area contributed by atoms with Crippen molar-refractivity contribution in [1.82, 2.24) is 4.72 Å². The molecular formula is C15H23NO3S. The number of rotatable bonds is 4. The highest BCUT2D eigenvalue weighted by atomic mass is 32.2. The molecule has 1 aromatic carbocycles. The minimum absolute atomic E-state index is 0.0317. The molecule has 0 aromatic heterocycles. The van der Waals surface area contributed by atoms with Crippen LogP contribution in [0.3, 0.4) is 0 Å². The standard InChI is InChI=1S/C15H23NO3S/c1-11-7-8-15(12(2)9-11)20(18,19)16-14-6-4-3-5-13(14)10-17/h7-9,13-14,16-17H,3-6,10H2,1-2H3. The summed E-state index contributed by atoms with van der Waals surface area (Å²) in [6.07, 6.45) is 3.76. The van der Waals surface area contributed by atoms with Crippen molar-refractivity contribution in [2.45, 2.75) is 50.5 Å². The normalized spacial score (nSPS) is 23.8. The van der Waals surface area contributed by atoms with Crippen molar-refractivity contribution in [3.63, 3.8) is 0 Å². The molecule has 2 atom stereocenters. The zero-order chi connectivity index (χ0) is 14.8. The molecule has 1 aromatic rings. The first-order chi connectivity index (χ1) is 9.44. The van der Waals surface area contributed by atoms with E-state index in [4.69, 9.17) is 0 Å². The van der Waals surface area contributed by atoms with Crippen LogP contribution in [0.4, 0.5) is 0 Å². The second-order valence-electron chi connectivity index (χ2n) is 5.72. The third-order valence-corrected chi connectivity index (χ3v) is 5.72. The number of aryl methyl sites for hydroxylation is 2. The van der Waals surface area contributed by atoms with Gasteiger partial charge in [0.25, 0.3) is 0 Å². The molecule has 1 aliphatic rings. The summed E-state index contributed by atoms with van der Waals surface area (Å²) < 4.78 is 27.8. The molecule has 20 heavy (non-hydrogen) atoms. The zero-order valence-corrected chi connectivity index (χ0v) is 12.9. The van der Waals surface area contributed by atoms with Crippen LogP contribution in [0.1, 0.15) is 36.8 Å². The van der Waals surface area contributed by atoms with Gasteiger partial charge in [-0.05, 0) is 44.2 Å². The monoisotopic (exact) mass is 297 g/mol. The van der Waals surface area contributed by atoms with Crippen molar-refractivity contribution in [3.05, 3.63) is 29.3 Å². The molecule has 0 heterocycles. The van der Waals surface area contributed by atoms with Crippen LogP contribution in [0.25, 0.3) is 0 Å². The summed E-state index contributed by atoms with van der Waals surface area (Å²) >= 11 is 0. The van der Waals surface area contributed by atoms with Gasteiger partial charge in [0.2, 0.25) is 10.0 Å². The Balaban J connectivity index is 2.22. The summed E-state index contributed by atoms with van der Waals surface area (Å²) in [5.74, 6) is 0.0317. The van der Waals surface area contributed by atoms with Crippen LogP contribution in [0, 0.1) is 19.8 Å². The molecule has 0 spiro atoms. The smallest absolute Gasteiger partial charge is 0.241 e. The molecule has 0 radical (unpaired) electrons. The van der Waals surface area contributed by atoms with Crippen molar-refractivity contribution in [2.75, 3.05) is 6.61 Å². The van der Waals surface area contributed by atoms with Gasteiger partial charge in [0.05, 0.1) is 4.90 Å². The number of nitrogens with one attached hydrogen (secondary N) is 1. The molecule has 112 valence electrons. The maximum absolute atomic E-state index is 12.5. The summed E-state index contributed by atoms with van der Waals surface area (Å²) in [4.78, 5) is 0.338. The second kappa shape index (κ2) is 6.24. The van der Waals surface area contributed by atoms with Gasteiger partial charge in [-0.3, -0.25) is 0 Å². The topological polar surface area (TPSA) is 66.4 Å². The molecule has 2 N–H and O–H groups in total. The van der Waals surface area contributed by atoms with Gasteiger partial charge in [0.15, 0.2) is 0 Å². The highest BCUT2D eigenvalue weighted by Gasteiger charge is 2.29. The largest absolute Gasteiger partial charge is 0.396 e. The van der Waals surface area contributed by atoms with Gasteiger partial charge in [-0.25, -0.2) is 13.1 Å². The van der Waals surface area contributed by atoms with Gasteiger partial charge in [-0.15, -0.1) is 0 Å². The first-order valence-corrected chi connectivity index (χ1v) is 8.63. The van der Waals surface area contributed by atoms with Crippen LogP contribution in [0.2, 0.25) is 0 Å². The lowest BCUT2D eigenvalue weighted by Gasteiger charge is -2.30. The van der Waals surface area contributed by atoms with E-state index in [2.05, 4.69) is 4.72 Å². The summed E-state index contributed by atoms with van der Waals surface area (Å²) in [6, 6.07) is 5.19. The first-order valence-electron chi connectivity index (χ1n) is 7.14. The van der Waals surface area contributed by atoms with E-state index in [1.807, 2.05) is 26.0 Å². The van der Waals surface area contributed by atoms with Crippen LogP contribution in [0.15, 0.2) is 23.1 Å². The van der Waals surface area contributed by atoms with Crippen LogP contribution < -0.4 is 4.72 Å². The molecule has 2 unspecified atom stereocenters. The van der Waals surface area contributed by atoms with Gasteiger partial charge in [-0.2, -0.15) is 0 Å². The van der Waals surface area contributed by atoms with E-state index >= 15 is 0 Å². The molecule has 0 amide bonds. The molecule has 2 rings (SSSR count). The lowest BCUT2D eigenvalue weighted by Crippen LogP contribution is -2.43. The van der Waals surface area contributed by atoms with Gasteiger partial charge >= 0.3 is 0 Å². The minimum atomic E-state index is -3.51. The summed E-state index contributed by atoms with van der Waals surface area (Å²) in [5, 5.41) is 9.39. The lowest BCUT2D eigenvalue weighted by molar-refractivity contribution is 0.164. The number of aliphatic hydroxyl groups is 1. The number of hydrogen-bond acceptors (Lipinski definition) is 3. The van der Waals surface area contributed by atoms with Gasteiger partial charge in [-0.1, -0.05) is 30.5 Å². The van der Waals surface area contributed by atoms with Crippen molar-refractivity contribution < 1.29 is 13.5 Å². The van der Waals surface area contributed by atoms with E-state index in [9.17, 15) is 13.5 Å². The van der Waals surface area contributed by atoms with Gasteiger partial charge in [0.1, 0.15) is 0 Å². The number of benzene rings is 1. The van der Waals surface area contributed by atoms with E-state index in [1.54, 1.807) is 6.07 Å². The zero-order valence-electron chi connectivity index (χ0n) is 12.1. The van der Waals surface area contributed by atoms with Crippen molar-refractivity contribution in [1.29, 1.82) is 0 Å². The Labute approximate surface area is 121 Å². The van der Waals surface area contributed by atoms with E-state index in [-0.39, 0.29) is 18.6 Å². The average Bonchev–Trinajstić information content (AvgIpc) is 2.38. The molecule has 1 fully saturated rings. The van der Waals surface area contributed by atoms with E-state index in [0.717, 1.165) is 36.8 Å². The maximum Gasteiger partial charge on any atom is 0.241 e. The first kappa shape index (κ1) is 15.5. The van der Waals surface area contributed by atoms with Crippen molar-refractivity contribution in [2.24, 2.45) is 5.92 Å². The Hall–Kier alpha value is -0.910. The molecule has 4 nitrogen and oxygen atoms in total. The van der Waals surface area contributed by atoms with Crippen molar-refractivity contribution >= 4 is 10.0 Å². The number of hydrogen-bond donors (Lipinski definition) is 2. The summed E-state index contributed by atoms with van der Waals surface area (Å²) in [7, 11) is -3.51.